The maximum absolute atomic E-state index is 13.2. The van der Waals surface area contributed by atoms with E-state index in [1.165, 1.54) is 12.8 Å². The van der Waals surface area contributed by atoms with E-state index in [0.717, 1.165) is 19.3 Å². The molecule has 0 spiro atoms. The predicted molar refractivity (Wildman–Crippen MR) is 143 cm³/mol. The molecule has 3 atom stereocenters. The van der Waals surface area contributed by atoms with Gasteiger partial charge < -0.3 is 9.47 Å². The Bertz CT molecular complexity index is 1080. The summed E-state index contributed by atoms with van der Waals surface area (Å²) >= 11 is 0. The summed E-state index contributed by atoms with van der Waals surface area (Å²) in [4.78, 5) is 4.92. The molecule has 0 bridgehead atoms. The first-order valence-electron chi connectivity index (χ1n) is 12.8. The quantitative estimate of drug-likeness (QED) is 0.461. The number of sulfonamides is 1. The highest BCUT2D eigenvalue weighted by Crippen LogP contribution is 2.36. The highest BCUT2D eigenvalue weighted by Gasteiger charge is 2.29. The molecule has 0 aromatic heterocycles. The first kappa shape index (κ1) is 27.1. The Labute approximate surface area is 211 Å². The van der Waals surface area contributed by atoms with Gasteiger partial charge in [-0.05, 0) is 55.4 Å². The van der Waals surface area contributed by atoms with Crippen molar-refractivity contribution in [3.05, 3.63) is 54.1 Å². The lowest BCUT2D eigenvalue weighted by molar-refractivity contribution is 0.130. The van der Waals surface area contributed by atoms with Gasteiger partial charge in [0.25, 0.3) is 10.0 Å². The first-order chi connectivity index (χ1) is 16.7. The summed E-state index contributed by atoms with van der Waals surface area (Å²) in [5, 5.41) is 0. The standard InChI is InChI=1S/C25H32N2O4S.C3H8/c1-17(2)22-16-30-25(26-22)21-13-8-14-23(31-19-10-7-9-18(3)15-19)24(21)27-32(28,29)20-11-5-4-6-12-20;1-3-2/h4-6,8,11-14,17-19,22,27H,7,9-10,15-16H2,1-3H3;3H2,1-2H3. The molecule has 1 N–H and O–H groups in total. The lowest BCUT2D eigenvalue weighted by Crippen LogP contribution is -2.25. The number of nitrogens with zero attached hydrogens (tertiary/aromatic N) is 1. The molecule has 3 unspecified atom stereocenters. The van der Waals surface area contributed by atoms with Crippen LogP contribution in [0, 0.1) is 11.8 Å². The van der Waals surface area contributed by atoms with Gasteiger partial charge in [0.1, 0.15) is 18.0 Å². The zero-order chi connectivity index (χ0) is 25.4. The Morgan fingerprint density at radius 2 is 1.80 bits per heavy atom. The van der Waals surface area contributed by atoms with Gasteiger partial charge in [-0.25, -0.2) is 13.4 Å². The highest BCUT2D eigenvalue weighted by molar-refractivity contribution is 7.92. The molecule has 2 aromatic rings. The maximum atomic E-state index is 13.2. The lowest BCUT2D eigenvalue weighted by Gasteiger charge is -2.28. The molecule has 4 rings (SSSR count). The lowest BCUT2D eigenvalue weighted by atomic mass is 9.88. The molecule has 35 heavy (non-hydrogen) atoms. The summed E-state index contributed by atoms with van der Waals surface area (Å²) in [7, 11) is -3.81. The predicted octanol–water partition coefficient (Wildman–Crippen LogP) is 6.66. The Kier molecular flexibility index (Phi) is 9.61. The van der Waals surface area contributed by atoms with E-state index in [1.807, 2.05) is 18.2 Å². The fourth-order valence-corrected chi connectivity index (χ4v) is 5.36. The van der Waals surface area contributed by atoms with Crippen molar-refractivity contribution < 1.29 is 17.9 Å². The van der Waals surface area contributed by atoms with Crippen molar-refractivity contribution in [2.24, 2.45) is 16.8 Å². The van der Waals surface area contributed by atoms with Gasteiger partial charge >= 0.3 is 0 Å². The fraction of sp³-hybridized carbons (Fsp3) is 0.536. The van der Waals surface area contributed by atoms with E-state index in [0.29, 0.717) is 41.3 Å². The zero-order valence-corrected chi connectivity index (χ0v) is 22.5. The van der Waals surface area contributed by atoms with E-state index < -0.39 is 10.0 Å². The molecule has 1 aliphatic carbocycles. The normalized spacial score (nSPS) is 22.0. The van der Waals surface area contributed by atoms with Crippen LogP contribution in [0.25, 0.3) is 0 Å². The van der Waals surface area contributed by atoms with Crippen LogP contribution >= 0.6 is 0 Å². The van der Waals surface area contributed by atoms with Crippen LogP contribution in [0.2, 0.25) is 0 Å². The molecule has 0 saturated heterocycles. The van der Waals surface area contributed by atoms with Crippen LogP contribution in [0.15, 0.2) is 58.4 Å². The van der Waals surface area contributed by atoms with Gasteiger partial charge in [-0.1, -0.05) is 71.7 Å². The Morgan fingerprint density at radius 1 is 1.09 bits per heavy atom. The van der Waals surface area contributed by atoms with Crippen LogP contribution in [0.1, 0.15) is 72.3 Å². The van der Waals surface area contributed by atoms with Crippen molar-refractivity contribution in [2.75, 3.05) is 11.3 Å². The molecule has 1 aliphatic heterocycles. The van der Waals surface area contributed by atoms with Crippen LogP contribution in [0.5, 0.6) is 5.75 Å². The summed E-state index contributed by atoms with van der Waals surface area (Å²) < 4.78 is 41.4. The molecule has 1 heterocycles. The molecule has 2 aliphatic rings. The van der Waals surface area contributed by atoms with E-state index in [-0.39, 0.29) is 17.0 Å². The van der Waals surface area contributed by atoms with Gasteiger partial charge in [-0.15, -0.1) is 0 Å². The van der Waals surface area contributed by atoms with Gasteiger partial charge in [0.2, 0.25) is 5.90 Å². The average Bonchev–Trinajstić information content (AvgIpc) is 3.32. The third-order valence-corrected chi connectivity index (χ3v) is 7.54. The van der Waals surface area contributed by atoms with Crippen molar-refractivity contribution in [2.45, 2.75) is 83.8 Å². The van der Waals surface area contributed by atoms with Gasteiger partial charge in [0, 0.05) is 0 Å². The summed E-state index contributed by atoms with van der Waals surface area (Å²) in [5.74, 6) is 1.90. The molecular weight excluding hydrogens is 460 g/mol. The number of ether oxygens (including phenoxy) is 2. The monoisotopic (exact) mass is 500 g/mol. The summed E-state index contributed by atoms with van der Waals surface area (Å²) in [6, 6.07) is 13.9. The van der Waals surface area contributed by atoms with E-state index in [4.69, 9.17) is 14.5 Å². The number of para-hydroxylation sites is 1. The first-order valence-corrected chi connectivity index (χ1v) is 14.3. The second-order valence-electron chi connectivity index (χ2n) is 9.87. The van der Waals surface area contributed by atoms with Gasteiger partial charge in [-0.3, -0.25) is 4.72 Å². The zero-order valence-electron chi connectivity index (χ0n) is 21.7. The van der Waals surface area contributed by atoms with Crippen LogP contribution < -0.4 is 9.46 Å². The van der Waals surface area contributed by atoms with Gasteiger partial charge in [0.15, 0.2) is 0 Å². The third kappa shape index (κ3) is 7.23. The third-order valence-electron chi connectivity index (χ3n) is 6.17. The molecule has 2 aromatic carbocycles. The molecule has 0 amide bonds. The molecular formula is C28H40N2O4S. The molecule has 7 heteroatoms. The Hall–Kier alpha value is -2.54. The second kappa shape index (κ2) is 12.4. The van der Waals surface area contributed by atoms with E-state index in [2.05, 4.69) is 39.3 Å². The van der Waals surface area contributed by atoms with Crippen molar-refractivity contribution in [3.8, 4) is 5.75 Å². The minimum Gasteiger partial charge on any atom is -0.488 e. The Morgan fingerprint density at radius 3 is 2.43 bits per heavy atom. The van der Waals surface area contributed by atoms with Gasteiger partial charge in [-0.2, -0.15) is 0 Å². The van der Waals surface area contributed by atoms with Crippen molar-refractivity contribution >= 4 is 21.6 Å². The molecule has 1 fully saturated rings. The summed E-state index contributed by atoms with van der Waals surface area (Å²) in [6.45, 7) is 11.2. The fourth-order valence-electron chi connectivity index (χ4n) is 4.25. The molecule has 0 radical (unpaired) electrons. The smallest absolute Gasteiger partial charge is 0.262 e. The number of nitrogens with one attached hydrogen (secondary N) is 1. The van der Waals surface area contributed by atoms with Crippen molar-refractivity contribution in [1.29, 1.82) is 0 Å². The number of hydrogen-bond acceptors (Lipinski definition) is 5. The summed E-state index contributed by atoms with van der Waals surface area (Å²) in [6.07, 6.45) is 5.55. The van der Waals surface area contributed by atoms with Crippen LogP contribution in [-0.2, 0) is 14.8 Å². The average molecular weight is 501 g/mol. The van der Waals surface area contributed by atoms with E-state index in [9.17, 15) is 8.42 Å². The SMILES string of the molecule is CC1CCCC(Oc2cccc(C3=NC(C(C)C)CO3)c2NS(=O)(=O)c2ccccc2)C1.CCC. The maximum Gasteiger partial charge on any atom is 0.262 e. The van der Waals surface area contributed by atoms with Crippen LogP contribution in [-0.4, -0.2) is 33.1 Å². The minimum absolute atomic E-state index is 0.0485. The second-order valence-corrected chi connectivity index (χ2v) is 11.6. The molecule has 192 valence electrons. The number of aliphatic imine (C=N–C) groups is 1. The molecule has 6 nitrogen and oxygen atoms in total. The van der Waals surface area contributed by atoms with E-state index in [1.54, 1.807) is 30.3 Å². The largest absolute Gasteiger partial charge is 0.488 e. The van der Waals surface area contributed by atoms with E-state index >= 15 is 0 Å². The summed E-state index contributed by atoms with van der Waals surface area (Å²) in [5.41, 5.74) is 0.992. The Balaban J connectivity index is 0.00000108. The van der Waals surface area contributed by atoms with Crippen molar-refractivity contribution in [1.82, 2.24) is 0 Å². The van der Waals surface area contributed by atoms with Crippen molar-refractivity contribution in [3.63, 3.8) is 0 Å². The highest BCUT2D eigenvalue weighted by atomic mass is 32.2. The van der Waals surface area contributed by atoms with Crippen LogP contribution in [0.3, 0.4) is 0 Å². The minimum atomic E-state index is -3.81. The number of benzene rings is 2. The number of hydrogen-bond donors (Lipinski definition) is 1. The van der Waals surface area contributed by atoms with Crippen LogP contribution in [0.4, 0.5) is 5.69 Å². The topological polar surface area (TPSA) is 77.0 Å². The molecule has 1 saturated carbocycles. The number of anilines is 1. The number of rotatable bonds is 7. The van der Waals surface area contributed by atoms with Gasteiger partial charge in [0.05, 0.1) is 22.6 Å².